The van der Waals surface area contributed by atoms with E-state index in [1.807, 2.05) is 48.0 Å². The first kappa shape index (κ1) is 28.2. The molecule has 2 fully saturated rings. The van der Waals surface area contributed by atoms with E-state index in [1.54, 1.807) is 6.08 Å². The van der Waals surface area contributed by atoms with E-state index in [4.69, 9.17) is 4.74 Å². The predicted molar refractivity (Wildman–Crippen MR) is 146 cm³/mol. The smallest absolute Gasteiger partial charge is 0.410 e. The van der Waals surface area contributed by atoms with Crippen LogP contribution in [0.1, 0.15) is 69.4 Å². The van der Waals surface area contributed by atoms with Crippen molar-refractivity contribution in [2.45, 2.75) is 77.9 Å². The summed E-state index contributed by atoms with van der Waals surface area (Å²) in [5, 5.41) is 0. The summed E-state index contributed by atoms with van der Waals surface area (Å²) in [6.45, 7) is 12.8. The van der Waals surface area contributed by atoms with Crippen molar-refractivity contribution in [1.29, 1.82) is 0 Å². The molecule has 1 aromatic carbocycles. The molecule has 1 saturated carbocycles. The largest absolute Gasteiger partial charge is 0.445 e. The lowest BCUT2D eigenvalue weighted by atomic mass is 9.88. The summed E-state index contributed by atoms with van der Waals surface area (Å²) < 4.78 is 5.64. The number of aryl methyl sites for hydroxylation is 1. The maximum absolute atomic E-state index is 12.9. The highest BCUT2D eigenvalue weighted by molar-refractivity contribution is 5.78. The van der Waals surface area contributed by atoms with Gasteiger partial charge in [-0.1, -0.05) is 62.1 Å². The highest BCUT2D eigenvalue weighted by Crippen LogP contribution is 2.25. The minimum absolute atomic E-state index is 0.182. The first-order valence-corrected chi connectivity index (χ1v) is 13.9. The second kappa shape index (κ2) is 14.4. The van der Waals surface area contributed by atoms with Gasteiger partial charge < -0.3 is 19.4 Å². The van der Waals surface area contributed by atoms with Crippen LogP contribution in [0.15, 0.2) is 36.9 Å². The Balaban J connectivity index is 1.38. The van der Waals surface area contributed by atoms with Crippen LogP contribution in [0.25, 0.3) is 0 Å². The molecule has 0 spiro atoms. The zero-order valence-electron chi connectivity index (χ0n) is 22.8. The molecule has 0 radical (unpaired) electrons. The summed E-state index contributed by atoms with van der Waals surface area (Å²) in [6, 6.07) is 8.26. The van der Waals surface area contributed by atoms with Crippen molar-refractivity contribution in [3.63, 3.8) is 0 Å². The number of hydrogen-bond donors (Lipinski definition) is 0. The molecule has 36 heavy (non-hydrogen) atoms. The van der Waals surface area contributed by atoms with Gasteiger partial charge in [0.1, 0.15) is 6.61 Å². The first-order chi connectivity index (χ1) is 17.4. The molecule has 2 amide bonds. The molecule has 1 heterocycles. The van der Waals surface area contributed by atoms with Crippen LogP contribution in [0.3, 0.4) is 0 Å². The normalized spacial score (nSPS) is 18.4. The van der Waals surface area contributed by atoms with E-state index >= 15 is 0 Å². The molecule has 6 heteroatoms. The first-order valence-electron chi connectivity index (χ1n) is 13.9. The quantitative estimate of drug-likeness (QED) is 0.371. The average molecular weight is 498 g/mol. The molecule has 1 aromatic rings. The van der Waals surface area contributed by atoms with E-state index in [2.05, 4.69) is 18.4 Å². The molecule has 6 nitrogen and oxygen atoms in total. The highest BCUT2D eigenvalue weighted by atomic mass is 16.6. The van der Waals surface area contributed by atoms with E-state index in [-0.39, 0.29) is 18.1 Å². The summed E-state index contributed by atoms with van der Waals surface area (Å²) in [5.41, 5.74) is 2.20. The number of amides is 2. The lowest BCUT2D eigenvalue weighted by Crippen LogP contribution is -2.48. The fraction of sp³-hybridized carbons (Fsp3) is 0.667. The molecule has 2 aliphatic rings. The van der Waals surface area contributed by atoms with E-state index in [0.29, 0.717) is 25.0 Å². The van der Waals surface area contributed by atoms with Gasteiger partial charge in [-0.2, -0.15) is 0 Å². The number of carbonyl (C=O) groups is 2. The Morgan fingerprint density at radius 3 is 2.42 bits per heavy atom. The second-order valence-electron chi connectivity index (χ2n) is 11.0. The van der Waals surface area contributed by atoms with Crippen LogP contribution in [0.5, 0.6) is 0 Å². The Labute approximate surface area is 218 Å². The molecule has 1 atom stereocenters. The lowest BCUT2D eigenvalue weighted by molar-refractivity contribution is -0.135. The van der Waals surface area contributed by atoms with Crippen LogP contribution < -0.4 is 0 Å². The zero-order chi connectivity index (χ0) is 25.9. The van der Waals surface area contributed by atoms with E-state index in [0.717, 1.165) is 63.8 Å². The number of likely N-dealkylation sites (tertiary alicyclic amines) is 1. The van der Waals surface area contributed by atoms with Gasteiger partial charge in [0.2, 0.25) is 5.91 Å². The maximum Gasteiger partial charge on any atom is 0.410 e. The van der Waals surface area contributed by atoms with E-state index < -0.39 is 0 Å². The molecule has 1 aliphatic heterocycles. The van der Waals surface area contributed by atoms with Gasteiger partial charge in [-0.3, -0.25) is 4.79 Å². The zero-order valence-corrected chi connectivity index (χ0v) is 22.8. The van der Waals surface area contributed by atoms with Crippen LogP contribution in [-0.2, 0) is 16.1 Å². The standard InChI is InChI=1S/C30H47N3O3/c1-5-18-33(30(35)36-23-26-13-11-24(2)12-14-26)28-16-20-32(21-17-28)19-15-25(3)22-31(4)29(34)27-9-7-6-8-10-27/h5,11-14,25,27-28H,1,6-10,15-23H2,2-4H3. The molecule has 0 N–H and O–H groups in total. The van der Waals surface area contributed by atoms with Crippen LogP contribution in [0, 0.1) is 18.8 Å². The Hall–Kier alpha value is -2.34. The van der Waals surface area contributed by atoms with Crippen molar-refractivity contribution in [3.8, 4) is 0 Å². The van der Waals surface area contributed by atoms with Crippen LogP contribution in [0.2, 0.25) is 0 Å². The van der Waals surface area contributed by atoms with Crippen molar-refractivity contribution >= 4 is 12.0 Å². The minimum atomic E-state index is -0.256. The lowest BCUT2D eigenvalue weighted by Gasteiger charge is -2.38. The monoisotopic (exact) mass is 497 g/mol. The maximum atomic E-state index is 12.9. The Morgan fingerprint density at radius 2 is 1.78 bits per heavy atom. The van der Waals surface area contributed by atoms with Gasteiger partial charge >= 0.3 is 6.09 Å². The van der Waals surface area contributed by atoms with Crippen molar-refractivity contribution in [3.05, 3.63) is 48.0 Å². The number of hydrogen-bond acceptors (Lipinski definition) is 4. The molecule has 200 valence electrons. The van der Waals surface area contributed by atoms with Crippen LogP contribution in [0.4, 0.5) is 4.79 Å². The van der Waals surface area contributed by atoms with E-state index in [9.17, 15) is 9.59 Å². The van der Waals surface area contributed by atoms with Gasteiger partial charge in [0.25, 0.3) is 0 Å². The van der Waals surface area contributed by atoms with Gasteiger partial charge in [-0.15, -0.1) is 6.58 Å². The third-order valence-corrected chi connectivity index (χ3v) is 7.90. The van der Waals surface area contributed by atoms with Crippen molar-refractivity contribution in [2.24, 2.45) is 11.8 Å². The van der Waals surface area contributed by atoms with E-state index in [1.165, 1.54) is 24.8 Å². The van der Waals surface area contributed by atoms with Gasteiger partial charge in [0.05, 0.1) is 0 Å². The SMILES string of the molecule is C=CCN(C(=O)OCc1ccc(C)cc1)C1CCN(CCC(C)CN(C)C(=O)C2CCCCC2)CC1. The Morgan fingerprint density at radius 1 is 1.11 bits per heavy atom. The minimum Gasteiger partial charge on any atom is -0.445 e. The summed E-state index contributed by atoms with van der Waals surface area (Å²) in [6.07, 6.45) is 10.3. The number of carbonyl (C=O) groups excluding carboxylic acids is 2. The fourth-order valence-corrected chi connectivity index (χ4v) is 5.59. The molecule has 3 rings (SSSR count). The number of nitrogens with zero attached hydrogens (tertiary/aromatic N) is 3. The molecule has 1 saturated heterocycles. The molecule has 1 aliphatic carbocycles. The van der Waals surface area contributed by atoms with Crippen molar-refractivity contribution < 1.29 is 14.3 Å². The Kier molecular flexibility index (Phi) is 11.3. The van der Waals surface area contributed by atoms with Gasteiger partial charge in [-0.25, -0.2) is 4.79 Å². The van der Waals surface area contributed by atoms with Gasteiger partial charge in [0, 0.05) is 45.2 Å². The van der Waals surface area contributed by atoms with Gasteiger partial charge in [-0.05, 0) is 57.1 Å². The molecule has 1 unspecified atom stereocenters. The third kappa shape index (κ3) is 8.65. The van der Waals surface area contributed by atoms with Gasteiger partial charge in [0.15, 0.2) is 0 Å². The molecule has 0 aromatic heterocycles. The average Bonchev–Trinajstić information content (AvgIpc) is 2.90. The topological polar surface area (TPSA) is 53.1 Å². The second-order valence-corrected chi connectivity index (χ2v) is 11.0. The molecular formula is C30H47N3O3. The third-order valence-electron chi connectivity index (χ3n) is 7.90. The number of rotatable bonds is 11. The Bertz CT molecular complexity index is 826. The number of ether oxygens (including phenoxy) is 1. The van der Waals surface area contributed by atoms with Crippen molar-refractivity contribution in [2.75, 3.05) is 39.8 Å². The molecule has 0 bridgehead atoms. The summed E-state index contributed by atoms with van der Waals surface area (Å²) in [4.78, 5) is 31.9. The number of benzene rings is 1. The fourth-order valence-electron chi connectivity index (χ4n) is 5.59. The molecular weight excluding hydrogens is 450 g/mol. The highest BCUT2D eigenvalue weighted by Gasteiger charge is 2.29. The summed E-state index contributed by atoms with van der Waals surface area (Å²) in [5.74, 6) is 1.07. The van der Waals surface area contributed by atoms with Crippen LogP contribution >= 0.6 is 0 Å². The van der Waals surface area contributed by atoms with Crippen molar-refractivity contribution in [1.82, 2.24) is 14.7 Å². The summed E-state index contributed by atoms with van der Waals surface area (Å²) >= 11 is 0. The summed E-state index contributed by atoms with van der Waals surface area (Å²) in [7, 11) is 1.98. The van der Waals surface area contributed by atoms with Crippen LogP contribution in [-0.4, -0.2) is 72.5 Å². The predicted octanol–water partition coefficient (Wildman–Crippen LogP) is 5.65. The number of piperidine rings is 1.